The van der Waals surface area contributed by atoms with Crippen molar-refractivity contribution in [3.8, 4) is 0 Å². The van der Waals surface area contributed by atoms with Crippen molar-refractivity contribution < 1.29 is 9.59 Å². The average molecular weight is 376 g/mol. The van der Waals surface area contributed by atoms with Crippen LogP contribution in [0, 0.1) is 16.2 Å². The van der Waals surface area contributed by atoms with Gasteiger partial charge in [-0.25, -0.2) is 0 Å². The average Bonchev–Trinajstić information content (AvgIpc) is 2.85. The van der Waals surface area contributed by atoms with Gasteiger partial charge in [-0.3, -0.25) is 9.59 Å². The lowest BCUT2D eigenvalue weighted by atomic mass is 9.81. The molecule has 0 bridgehead atoms. The van der Waals surface area contributed by atoms with Crippen molar-refractivity contribution >= 4 is 24.2 Å². The molecule has 1 heterocycles. The van der Waals surface area contributed by atoms with Crippen molar-refractivity contribution in [2.45, 2.75) is 67.2 Å². The third-order valence-electron chi connectivity index (χ3n) is 4.58. The highest BCUT2D eigenvalue weighted by molar-refractivity contribution is 5.89. The van der Waals surface area contributed by atoms with Gasteiger partial charge in [0.1, 0.15) is 0 Å². The summed E-state index contributed by atoms with van der Waals surface area (Å²) in [4.78, 5) is 25.0. The van der Waals surface area contributed by atoms with E-state index in [1.165, 1.54) is 0 Å². The SMILES string of the molecule is CC(C)(C)CCNC(=O)CC1(C(=O)NCCC(C)(C)C)CCNC1.Cl. The second kappa shape index (κ2) is 9.77. The summed E-state index contributed by atoms with van der Waals surface area (Å²) in [6, 6.07) is 0. The molecule has 0 saturated carbocycles. The van der Waals surface area contributed by atoms with Gasteiger partial charge in [-0.05, 0) is 36.6 Å². The van der Waals surface area contributed by atoms with Crippen LogP contribution in [0.2, 0.25) is 0 Å². The van der Waals surface area contributed by atoms with Crippen molar-refractivity contribution in [1.29, 1.82) is 0 Å². The Morgan fingerprint density at radius 3 is 1.92 bits per heavy atom. The van der Waals surface area contributed by atoms with Gasteiger partial charge in [-0.15, -0.1) is 12.4 Å². The summed E-state index contributed by atoms with van der Waals surface area (Å²) in [7, 11) is 0. The maximum absolute atomic E-state index is 12.7. The molecule has 5 nitrogen and oxygen atoms in total. The molecular weight excluding hydrogens is 338 g/mol. The molecule has 0 spiro atoms. The van der Waals surface area contributed by atoms with E-state index in [0.717, 1.165) is 25.8 Å². The zero-order valence-electron chi connectivity index (χ0n) is 16.9. The standard InChI is InChI=1S/C19H37N3O2.ClH/c1-17(2,3)7-11-21-15(23)13-19(9-10-20-14-19)16(24)22-12-8-18(4,5)6;/h20H,7-14H2,1-6H3,(H,21,23)(H,22,24);1H. The predicted octanol–water partition coefficient (Wildman–Crippen LogP) is 2.88. The van der Waals surface area contributed by atoms with E-state index in [4.69, 9.17) is 0 Å². The molecule has 1 unspecified atom stereocenters. The first-order valence-electron chi connectivity index (χ1n) is 9.19. The Morgan fingerprint density at radius 2 is 1.48 bits per heavy atom. The molecule has 1 saturated heterocycles. The van der Waals surface area contributed by atoms with Crippen LogP contribution in [0.1, 0.15) is 67.2 Å². The molecule has 25 heavy (non-hydrogen) atoms. The first-order chi connectivity index (χ1) is 10.9. The lowest BCUT2D eigenvalue weighted by molar-refractivity contribution is -0.135. The highest BCUT2D eigenvalue weighted by atomic mass is 35.5. The van der Waals surface area contributed by atoms with Gasteiger partial charge < -0.3 is 16.0 Å². The molecule has 0 aromatic rings. The van der Waals surface area contributed by atoms with Crippen LogP contribution in [0.5, 0.6) is 0 Å². The Kier molecular flexibility index (Phi) is 9.45. The first kappa shape index (κ1) is 24.2. The Labute approximate surface area is 159 Å². The van der Waals surface area contributed by atoms with E-state index in [1.807, 2.05) is 0 Å². The maximum Gasteiger partial charge on any atom is 0.228 e. The summed E-state index contributed by atoms with van der Waals surface area (Å²) in [5.74, 6) is -0.00311. The largest absolute Gasteiger partial charge is 0.356 e. The molecule has 1 atom stereocenters. The second-order valence-corrected chi connectivity index (χ2v) is 9.61. The maximum atomic E-state index is 12.7. The van der Waals surface area contributed by atoms with Crippen molar-refractivity contribution in [3.63, 3.8) is 0 Å². The van der Waals surface area contributed by atoms with Crippen molar-refractivity contribution in [3.05, 3.63) is 0 Å². The van der Waals surface area contributed by atoms with Gasteiger partial charge in [0.2, 0.25) is 11.8 Å². The van der Waals surface area contributed by atoms with E-state index >= 15 is 0 Å². The van der Waals surface area contributed by atoms with E-state index < -0.39 is 5.41 Å². The van der Waals surface area contributed by atoms with Crippen LogP contribution in [0.4, 0.5) is 0 Å². The molecule has 0 aliphatic carbocycles. The van der Waals surface area contributed by atoms with E-state index in [-0.39, 0.29) is 41.5 Å². The summed E-state index contributed by atoms with van der Waals surface area (Å²) in [5.41, 5.74) is -0.202. The Bertz CT molecular complexity index is 433. The fourth-order valence-corrected chi connectivity index (χ4v) is 2.85. The molecule has 0 radical (unpaired) electrons. The molecule has 6 heteroatoms. The third kappa shape index (κ3) is 9.45. The number of hydrogen-bond acceptors (Lipinski definition) is 3. The number of halogens is 1. The van der Waals surface area contributed by atoms with Gasteiger partial charge in [0.25, 0.3) is 0 Å². The topological polar surface area (TPSA) is 70.2 Å². The van der Waals surface area contributed by atoms with Crippen LogP contribution in [-0.4, -0.2) is 38.0 Å². The molecule has 0 aromatic carbocycles. The van der Waals surface area contributed by atoms with E-state index in [0.29, 0.717) is 19.6 Å². The monoisotopic (exact) mass is 375 g/mol. The summed E-state index contributed by atoms with van der Waals surface area (Å²) >= 11 is 0. The summed E-state index contributed by atoms with van der Waals surface area (Å²) in [6.07, 6.45) is 2.86. The number of carbonyl (C=O) groups excluding carboxylic acids is 2. The first-order valence-corrected chi connectivity index (χ1v) is 9.19. The zero-order chi connectivity index (χ0) is 18.4. The number of hydrogen-bond donors (Lipinski definition) is 3. The van der Waals surface area contributed by atoms with E-state index in [2.05, 4.69) is 57.5 Å². The highest BCUT2D eigenvalue weighted by Gasteiger charge is 2.42. The third-order valence-corrected chi connectivity index (χ3v) is 4.58. The summed E-state index contributed by atoms with van der Waals surface area (Å²) < 4.78 is 0. The molecule has 1 rings (SSSR count). The van der Waals surface area contributed by atoms with Crippen molar-refractivity contribution in [2.75, 3.05) is 26.2 Å². The fourth-order valence-electron chi connectivity index (χ4n) is 2.85. The smallest absolute Gasteiger partial charge is 0.228 e. The number of rotatable bonds is 7. The van der Waals surface area contributed by atoms with Gasteiger partial charge in [0.05, 0.1) is 5.41 Å². The van der Waals surface area contributed by atoms with Crippen LogP contribution in [0.3, 0.4) is 0 Å². The minimum absolute atomic E-state index is 0. The van der Waals surface area contributed by atoms with Crippen LogP contribution in [0.15, 0.2) is 0 Å². The van der Waals surface area contributed by atoms with Gasteiger partial charge in [-0.1, -0.05) is 41.5 Å². The molecule has 1 fully saturated rings. The van der Waals surface area contributed by atoms with Crippen LogP contribution in [0.25, 0.3) is 0 Å². The van der Waals surface area contributed by atoms with Crippen LogP contribution in [-0.2, 0) is 9.59 Å². The Hall–Kier alpha value is -0.810. The Morgan fingerprint density at radius 1 is 0.960 bits per heavy atom. The number of nitrogens with one attached hydrogen (secondary N) is 3. The molecule has 148 valence electrons. The molecule has 1 aliphatic heterocycles. The number of carbonyl (C=O) groups is 2. The minimum atomic E-state index is -0.594. The Balaban J connectivity index is 0.00000576. The van der Waals surface area contributed by atoms with Crippen molar-refractivity contribution in [1.82, 2.24) is 16.0 Å². The van der Waals surface area contributed by atoms with E-state index in [9.17, 15) is 9.59 Å². The van der Waals surface area contributed by atoms with Gasteiger partial charge >= 0.3 is 0 Å². The van der Waals surface area contributed by atoms with Gasteiger partial charge in [-0.2, -0.15) is 0 Å². The molecule has 3 N–H and O–H groups in total. The van der Waals surface area contributed by atoms with Gasteiger partial charge in [0, 0.05) is 26.1 Å². The minimum Gasteiger partial charge on any atom is -0.356 e. The number of amides is 2. The quantitative estimate of drug-likeness (QED) is 0.640. The predicted molar refractivity (Wildman–Crippen MR) is 106 cm³/mol. The lowest BCUT2D eigenvalue weighted by Gasteiger charge is -2.28. The van der Waals surface area contributed by atoms with Crippen LogP contribution >= 0.6 is 12.4 Å². The second-order valence-electron chi connectivity index (χ2n) is 9.61. The summed E-state index contributed by atoms with van der Waals surface area (Å²) in [5, 5.41) is 9.27. The van der Waals surface area contributed by atoms with E-state index in [1.54, 1.807) is 0 Å². The zero-order valence-corrected chi connectivity index (χ0v) is 17.7. The van der Waals surface area contributed by atoms with Gasteiger partial charge in [0.15, 0.2) is 0 Å². The fraction of sp³-hybridized carbons (Fsp3) is 0.895. The molecule has 2 amide bonds. The molecule has 0 aromatic heterocycles. The lowest BCUT2D eigenvalue weighted by Crippen LogP contribution is -2.46. The van der Waals surface area contributed by atoms with Crippen molar-refractivity contribution in [2.24, 2.45) is 16.2 Å². The highest BCUT2D eigenvalue weighted by Crippen LogP contribution is 2.30. The molecule has 1 aliphatic rings. The summed E-state index contributed by atoms with van der Waals surface area (Å²) in [6.45, 7) is 15.7. The normalized spacial score (nSPS) is 20.7. The molecular formula is C19H38ClN3O2. The van der Waals surface area contributed by atoms with Crippen LogP contribution < -0.4 is 16.0 Å².